The zero-order valence-electron chi connectivity index (χ0n) is 11.0. The normalized spacial score (nSPS) is 17.6. The van der Waals surface area contributed by atoms with Crippen molar-refractivity contribution in [1.29, 1.82) is 0 Å². The van der Waals surface area contributed by atoms with Gasteiger partial charge in [-0.3, -0.25) is 0 Å². The Morgan fingerprint density at radius 1 is 1.43 bits per heavy atom. The van der Waals surface area contributed by atoms with E-state index < -0.39 is 21.7 Å². The second-order valence-electron chi connectivity index (χ2n) is 4.72. The van der Waals surface area contributed by atoms with E-state index in [0.29, 0.717) is 11.0 Å². The van der Waals surface area contributed by atoms with Gasteiger partial charge in [-0.05, 0) is 41.8 Å². The lowest BCUT2D eigenvalue weighted by atomic mass is 10.3. The van der Waals surface area contributed by atoms with Crippen LogP contribution in [0.25, 0.3) is 0 Å². The Hall–Kier alpha value is -0.870. The quantitative estimate of drug-likeness (QED) is 0.814. The molecule has 0 aliphatic heterocycles. The van der Waals surface area contributed by atoms with Crippen LogP contribution in [0.1, 0.15) is 19.8 Å². The number of nitrogens with zero attached hydrogens (tertiary/aromatic N) is 1. The molecule has 2 N–H and O–H groups in total. The summed E-state index contributed by atoms with van der Waals surface area (Å²) in [6.07, 6.45) is -3.76. The summed E-state index contributed by atoms with van der Waals surface area (Å²) in [4.78, 5) is 3.58. The van der Waals surface area contributed by atoms with E-state index in [0.717, 1.165) is 0 Å². The molecule has 1 aromatic heterocycles. The van der Waals surface area contributed by atoms with Gasteiger partial charge in [0, 0.05) is 17.2 Å². The van der Waals surface area contributed by atoms with Crippen LogP contribution in [0.15, 0.2) is 21.6 Å². The van der Waals surface area contributed by atoms with Crippen molar-refractivity contribution in [3.8, 4) is 0 Å². The largest absolute Gasteiger partial charge is 0.407 e. The maximum Gasteiger partial charge on any atom is 0.407 e. The van der Waals surface area contributed by atoms with Gasteiger partial charge in [0.1, 0.15) is 16.3 Å². The number of alkyl halides is 3. The van der Waals surface area contributed by atoms with Gasteiger partial charge in [-0.15, -0.1) is 0 Å². The fourth-order valence-electron chi connectivity index (χ4n) is 1.81. The topological polar surface area (TPSA) is 71.1 Å². The lowest BCUT2D eigenvalue weighted by molar-refractivity contribution is -0.160. The van der Waals surface area contributed by atoms with Gasteiger partial charge in [-0.1, -0.05) is 0 Å². The van der Waals surface area contributed by atoms with Gasteiger partial charge in [0.25, 0.3) is 0 Å². The van der Waals surface area contributed by atoms with Crippen LogP contribution in [-0.4, -0.2) is 31.7 Å². The molecule has 0 unspecified atom stereocenters. The minimum atomic E-state index is -4.61. The Balaban J connectivity index is 2.39. The van der Waals surface area contributed by atoms with Gasteiger partial charge in [-0.2, -0.15) is 17.9 Å². The summed E-state index contributed by atoms with van der Waals surface area (Å²) in [5.41, 5.74) is -2.35. The van der Waals surface area contributed by atoms with Crippen molar-refractivity contribution >= 4 is 31.8 Å². The Morgan fingerprint density at radius 2 is 2.05 bits per heavy atom. The molecular formula is C11H13BrF3N3O2S. The monoisotopic (exact) mass is 387 g/mol. The van der Waals surface area contributed by atoms with Crippen molar-refractivity contribution in [2.24, 2.45) is 0 Å². The first-order valence-electron chi connectivity index (χ1n) is 6.11. The second kappa shape index (κ2) is 5.40. The smallest absolute Gasteiger partial charge is 0.369 e. The number of hydrogen-bond acceptors (Lipinski definition) is 4. The van der Waals surface area contributed by atoms with E-state index in [9.17, 15) is 21.6 Å². The van der Waals surface area contributed by atoms with E-state index in [-0.39, 0.29) is 23.6 Å². The number of anilines is 1. The molecule has 0 radical (unpaired) electrons. The predicted octanol–water partition coefficient (Wildman–Crippen LogP) is 2.65. The summed E-state index contributed by atoms with van der Waals surface area (Å²) in [7, 11) is -4.34. The number of sulfonamides is 1. The third-order valence-corrected chi connectivity index (χ3v) is 5.06. The highest BCUT2D eigenvalue weighted by molar-refractivity contribution is 9.10. The van der Waals surface area contributed by atoms with Crippen LogP contribution in [-0.2, 0) is 10.0 Å². The second-order valence-corrected chi connectivity index (χ2v) is 7.28. The van der Waals surface area contributed by atoms with Crippen molar-refractivity contribution in [1.82, 2.24) is 9.71 Å². The lowest BCUT2D eigenvalue weighted by Gasteiger charge is -2.21. The van der Waals surface area contributed by atoms with Gasteiger partial charge < -0.3 is 5.32 Å². The molecule has 1 aromatic rings. The third kappa shape index (κ3) is 3.32. The molecule has 10 heteroatoms. The molecule has 0 amide bonds. The van der Waals surface area contributed by atoms with Gasteiger partial charge in [0.15, 0.2) is 0 Å². The fraction of sp³-hybridized carbons (Fsp3) is 0.545. The van der Waals surface area contributed by atoms with Crippen LogP contribution in [0.2, 0.25) is 0 Å². The average molecular weight is 388 g/mol. The number of aromatic nitrogens is 1. The van der Waals surface area contributed by atoms with E-state index in [1.54, 1.807) is 11.6 Å². The maximum absolute atomic E-state index is 12.9. The van der Waals surface area contributed by atoms with Crippen LogP contribution in [0.4, 0.5) is 19.0 Å². The highest BCUT2D eigenvalue weighted by atomic mass is 79.9. The number of pyridine rings is 1. The molecular weight excluding hydrogens is 375 g/mol. The minimum absolute atomic E-state index is 0.0196. The minimum Gasteiger partial charge on any atom is -0.369 e. The van der Waals surface area contributed by atoms with E-state index in [4.69, 9.17) is 0 Å². The van der Waals surface area contributed by atoms with Crippen LogP contribution in [0, 0.1) is 0 Å². The standard InChI is InChI=1S/C11H13BrF3N3O2S/c1-2-16-9-8(5-7(12)6-17-9)21(19,20)18-10(3-4-10)11(13,14)15/h5-6,18H,2-4H2,1H3,(H,16,17). The van der Waals surface area contributed by atoms with Gasteiger partial charge >= 0.3 is 6.18 Å². The summed E-state index contributed by atoms with van der Waals surface area (Å²) >= 11 is 3.07. The Labute approximate surface area is 128 Å². The fourth-order valence-corrected chi connectivity index (χ4v) is 3.89. The van der Waals surface area contributed by atoms with E-state index >= 15 is 0 Å². The van der Waals surface area contributed by atoms with Crippen LogP contribution in [0.5, 0.6) is 0 Å². The first-order chi connectivity index (χ1) is 9.61. The van der Waals surface area contributed by atoms with Crippen LogP contribution in [0.3, 0.4) is 0 Å². The first-order valence-corrected chi connectivity index (χ1v) is 8.39. The SMILES string of the molecule is CCNc1ncc(Br)cc1S(=O)(=O)NC1(C(F)(F)F)CC1. The summed E-state index contributed by atoms with van der Waals surface area (Å²) in [5, 5.41) is 2.72. The molecule has 1 aliphatic carbocycles. The zero-order chi connectivity index (χ0) is 15.9. The number of nitrogens with one attached hydrogen (secondary N) is 2. The van der Waals surface area contributed by atoms with Crippen molar-refractivity contribution in [2.45, 2.75) is 36.4 Å². The molecule has 5 nitrogen and oxygen atoms in total. The zero-order valence-corrected chi connectivity index (χ0v) is 13.4. The number of rotatable bonds is 5. The van der Waals surface area contributed by atoms with Gasteiger partial charge in [0.05, 0.1) is 0 Å². The molecule has 0 spiro atoms. The molecule has 118 valence electrons. The summed E-state index contributed by atoms with van der Waals surface area (Å²) < 4.78 is 65.4. The molecule has 2 rings (SSSR count). The predicted molar refractivity (Wildman–Crippen MR) is 74.4 cm³/mol. The first kappa shape index (κ1) is 16.5. The third-order valence-electron chi connectivity index (χ3n) is 3.08. The van der Waals surface area contributed by atoms with Gasteiger partial charge in [-0.25, -0.2) is 13.4 Å². The van der Waals surface area contributed by atoms with E-state index in [1.807, 2.05) is 0 Å². The summed E-state index contributed by atoms with van der Waals surface area (Å²) in [6.45, 7) is 2.12. The Kier molecular flexibility index (Phi) is 4.24. The van der Waals surface area contributed by atoms with E-state index in [1.165, 1.54) is 12.3 Å². The number of hydrogen-bond donors (Lipinski definition) is 2. The molecule has 0 saturated heterocycles. The Morgan fingerprint density at radius 3 is 2.52 bits per heavy atom. The van der Waals surface area contributed by atoms with Crippen molar-refractivity contribution in [2.75, 3.05) is 11.9 Å². The van der Waals surface area contributed by atoms with Crippen molar-refractivity contribution in [3.63, 3.8) is 0 Å². The van der Waals surface area contributed by atoms with Crippen LogP contribution >= 0.6 is 15.9 Å². The van der Waals surface area contributed by atoms with Crippen LogP contribution < -0.4 is 10.0 Å². The van der Waals surface area contributed by atoms with Crippen molar-refractivity contribution in [3.05, 3.63) is 16.7 Å². The highest BCUT2D eigenvalue weighted by Gasteiger charge is 2.65. The number of halogens is 4. The summed E-state index contributed by atoms with van der Waals surface area (Å²) in [5.74, 6) is 0.0196. The molecule has 21 heavy (non-hydrogen) atoms. The molecule has 1 aliphatic rings. The van der Waals surface area contributed by atoms with Crippen molar-refractivity contribution < 1.29 is 21.6 Å². The van der Waals surface area contributed by atoms with Gasteiger partial charge in [0.2, 0.25) is 10.0 Å². The average Bonchev–Trinajstić information content (AvgIpc) is 3.11. The molecule has 1 fully saturated rings. The molecule has 1 saturated carbocycles. The molecule has 0 atom stereocenters. The molecule has 0 aromatic carbocycles. The maximum atomic E-state index is 12.9. The van der Waals surface area contributed by atoms with E-state index in [2.05, 4.69) is 26.2 Å². The lowest BCUT2D eigenvalue weighted by Crippen LogP contribution is -2.47. The molecule has 0 bridgehead atoms. The highest BCUT2D eigenvalue weighted by Crippen LogP contribution is 2.49. The molecule has 1 heterocycles. The summed E-state index contributed by atoms with van der Waals surface area (Å²) in [6, 6.07) is 1.22. The Bertz CT molecular complexity index is 645.